The number of rotatable bonds is 4. The van der Waals surface area contributed by atoms with Crippen LogP contribution in [0.4, 0.5) is 25.8 Å². The van der Waals surface area contributed by atoms with E-state index in [1.807, 2.05) is 12.1 Å². The molecule has 4 aromatic rings. The van der Waals surface area contributed by atoms with E-state index < -0.39 is 5.82 Å². The number of aromatic nitrogens is 3. The number of hydrogen-bond donors (Lipinski definition) is 2. The highest BCUT2D eigenvalue weighted by Gasteiger charge is 2.34. The number of nitrogen functional groups attached to an aromatic ring is 1. The number of anilines is 3. The van der Waals surface area contributed by atoms with Crippen molar-refractivity contribution < 1.29 is 8.78 Å². The van der Waals surface area contributed by atoms with Crippen molar-refractivity contribution in [3.05, 3.63) is 60.3 Å². The lowest BCUT2D eigenvalue weighted by Crippen LogP contribution is -2.46. The van der Waals surface area contributed by atoms with Gasteiger partial charge in [0.2, 0.25) is 0 Å². The largest absolute Gasteiger partial charge is 0.396 e. The van der Waals surface area contributed by atoms with Crippen molar-refractivity contribution in [2.24, 2.45) is 5.92 Å². The summed E-state index contributed by atoms with van der Waals surface area (Å²) in [4.78, 5) is 14.2. The maximum atomic E-state index is 15.8. The number of pyridine rings is 1. The average molecular weight is 516 g/mol. The lowest BCUT2D eigenvalue weighted by molar-refractivity contribution is 0.374. The monoisotopic (exact) mass is 515 g/mol. The van der Waals surface area contributed by atoms with Crippen LogP contribution in [0.1, 0.15) is 25.7 Å². The summed E-state index contributed by atoms with van der Waals surface area (Å²) in [7, 11) is 0. The predicted octanol–water partition coefficient (Wildman–Crippen LogP) is 4.74. The molecule has 2 aromatic carbocycles. The van der Waals surface area contributed by atoms with E-state index in [0.29, 0.717) is 40.2 Å². The zero-order valence-electron chi connectivity index (χ0n) is 21.2. The number of nitrogens with two attached hydrogens (primary N) is 1. The number of fused-ring (bicyclic) bond motifs is 2. The Morgan fingerprint density at radius 3 is 2.58 bits per heavy atom. The number of benzene rings is 2. The first-order valence-electron chi connectivity index (χ1n) is 13.5. The lowest BCUT2D eigenvalue weighted by Gasteiger charge is -2.36. The van der Waals surface area contributed by atoms with Crippen molar-refractivity contribution in [1.29, 1.82) is 0 Å². The summed E-state index contributed by atoms with van der Waals surface area (Å²) < 4.78 is 32.1. The van der Waals surface area contributed by atoms with Crippen LogP contribution in [0.2, 0.25) is 0 Å². The number of nitrogens with zero attached hydrogens (tertiary/aromatic N) is 5. The van der Waals surface area contributed by atoms with E-state index >= 15 is 4.39 Å². The summed E-state index contributed by atoms with van der Waals surface area (Å²) >= 11 is 0. The zero-order chi connectivity index (χ0) is 25.8. The first kappa shape index (κ1) is 23.4. The normalized spacial score (nSPS) is 21.4. The predicted molar refractivity (Wildman–Crippen MR) is 147 cm³/mol. The van der Waals surface area contributed by atoms with Gasteiger partial charge in [-0.3, -0.25) is 4.57 Å². The third-order valence-corrected chi connectivity index (χ3v) is 8.45. The molecule has 3 fully saturated rings. The Morgan fingerprint density at radius 2 is 1.76 bits per heavy atom. The van der Waals surface area contributed by atoms with Gasteiger partial charge < -0.3 is 20.9 Å². The second kappa shape index (κ2) is 9.23. The van der Waals surface area contributed by atoms with E-state index in [2.05, 4.69) is 20.1 Å². The molecule has 2 atom stereocenters. The number of nitrogens with one attached hydrogen (secondary N) is 1. The molecule has 3 aliphatic heterocycles. The SMILES string of the molecule is Nc1ccc(-c2nc3c(N4CCC5CCNC5C4)ccnc3n2-c2ccc(N3CCCC3)cc2F)cc1F. The van der Waals surface area contributed by atoms with Gasteiger partial charge in [0.25, 0.3) is 0 Å². The molecule has 0 saturated carbocycles. The van der Waals surface area contributed by atoms with Crippen LogP contribution in [0, 0.1) is 17.6 Å². The highest BCUT2D eigenvalue weighted by molar-refractivity contribution is 5.91. The van der Waals surface area contributed by atoms with Gasteiger partial charge in [0.1, 0.15) is 23.0 Å². The summed E-state index contributed by atoms with van der Waals surface area (Å²) in [5.74, 6) is 0.237. The highest BCUT2D eigenvalue weighted by Crippen LogP contribution is 2.37. The molecule has 0 amide bonds. The summed E-state index contributed by atoms with van der Waals surface area (Å²) in [5, 5.41) is 3.63. The number of halogens is 2. The van der Waals surface area contributed by atoms with Crippen LogP contribution in [-0.2, 0) is 0 Å². The molecule has 3 saturated heterocycles. The fraction of sp³-hybridized carbons (Fsp3) is 0.379. The molecule has 0 bridgehead atoms. The quantitative estimate of drug-likeness (QED) is 0.383. The van der Waals surface area contributed by atoms with Gasteiger partial charge in [-0.25, -0.2) is 18.7 Å². The molecular formula is C29H31F2N7. The molecule has 0 radical (unpaired) electrons. The van der Waals surface area contributed by atoms with E-state index in [1.54, 1.807) is 29.0 Å². The lowest BCUT2D eigenvalue weighted by atomic mass is 9.92. The van der Waals surface area contributed by atoms with E-state index in [0.717, 1.165) is 63.4 Å². The first-order valence-corrected chi connectivity index (χ1v) is 13.5. The molecule has 196 valence electrons. The molecule has 3 N–H and O–H groups in total. The maximum absolute atomic E-state index is 15.8. The van der Waals surface area contributed by atoms with E-state index in [1.165, 1.54) is 18.6 Å². The molecule has 7 rings (SSSR count). The molecule has 3 aliphatic rings. The van der Waals surface area contributed by atoms with Crippen LogP contribution in [0.25, 0.3) is 28.2 Å². The Hall–Kier alpha value is -3.72. The Kier molecular flexibility index (Phi) is 5.69. The minimum atomic E-state index is -0.534. The molecule has 0 spiro atoms. The highest BCUT2D eigenvalue weighted by atomic mass is 19.1. The second-order valence-corrected chi connectivity index (χ2v) is 10.7. The minimum absolute atomic E-state index is 0.0586. The van der Waals surface area contributed by atoms with Crippen molar-refractivity contribution >= 4 is 28.2 Å². The standard InChI is InChI=1S/C29H31F2N7/c30-21-15-19(3-5-23(21)32)28-35-27-26(37-14-9-18-7-10-33-24(18)17-37)8-11-34-29(27)38(28)25-6-4-20(16-22(25)31)36-12-1-2-13-36/h3-6,8,11,15-16,18,24,33H,1-2,7,9-10,12-14,17,32H2. The van der Waals surface area contributed by atoms with Crippen molar-refractivity contribution in [1.82, 2.24) is 19.9 Å². The molecule has 7 nitrogen and oxygen atoms in total. The Balaban J connectivity index is 1.39. The summed E-state index contributed by atoms with van der Waals surface area (Å²) in [6.45, 7) is 4.74. The smallest absolute Gasteiger partial charge is 0.167 e. The van der Waals surface area contributed by atoms with Gasteiger partial charge in [-0.1, -0.05) is 0 Å². The van der Waals surface area contributed by atoms with Crippen LogP contribution in [0.5, 0.6) is 0 Å². The Labute approximate surface area is 220 Å². The summed E-state index contributed by atoms with van der Waals surface area (Å²) in [6.07, 6.45) is 6.32. The van der Waals surface area contributed by atoms with Gasteiger partial charge in [-0.2, -0.15) is 0 Å². The van der Waals surface area contributed by atoms with Crippen molar-refractivity contribution in [3.8, 4) is 17.1 Å². The fourth-order valence-electron chi connectivity index (χ4n) is 6.40. The van der Waals surface area contributed by atoms with E-state index in [-0.39, 0.29) is 11.5 Å². The number of piperidine rings is 1. The van der Waals surface area contributed by atoms with Crippen LogP contribution in [-0.4, -0.2) is 53.3 Å². The number of hydrogen-bond acceptors (Lipinski definition) is 6. The van der Waals surface area contributed by atoms with Gasteiger partial charge in [-0.05, 0) is 80.6 Å². The Morgan fingerprint density at radius 1 is 0.895 bits per heavy atom. The second-order valence-electron chi connectivity index (χ2n) is 10.7. The first-order chi connectivity index (χ1) is 18.6. The van der Waals surface area contributed by atoms with Crippen molar-refractivity contribution in [2.75, 3.05) is 48.3 Å². The van der Waals surface area contributed by atoms with E-state index in [4.69, 9.17) is 10.7 Å². The summed E-state index contributed by atoms with van der Waals surface area (Å²) in [5.41, 5.74) is 9.73. The molecule has 9 heteroatoms. The van der Waals surface area contributed by atoms with Crippen LogP contribution in [0.3, 0.4) is 0 Å². The molecule has 0 aliphatic carbocycles. The van der Waals surface area contributed by atoms with Crippen LogP contribution >= 0.6 is 0 Å². The topological polar surface area (TPSA) is 75.2 Å². The third kappa shape index (κ3) is 3.88. The van der Waals surface area contributed by atoms with E-state index in [9.17, 15) is 4.39 Å². The Bertz CT molecular complexity index is 1510. The zero-order valence-corrected chi connectivity index (χ0v) is 21.2. The van der Waals surface area contributed by atoms with Crippen LogP contribution in [0.15, 0.2) is 48.7 Å². The van der Waals surface area contributed by atoms with Gasteiger partial charge >= 0.3 is 0 Å². The number of imidazole rings is 1. The maximum Gasteiger partial charge on any atom is 0.167 e. The van der Waals surface area contributed by atoms with Gasteiger partial charge in [0.15, 0.2) is 5.65 Å². The molecule has 38 heavy (non-hydrogen) atoms. The molecule has 5 heterocycles. The van der Waals surface area contributed by atoms with Gasteiger partial charge in [-0.15, -0.1) is 0 Å². The van der Waals surface area contributed by atoms with Crippen LogP contribution < -0.4 is 20.9 Å². The van der Waals surface area contributed by atoms with Gasteiger partial charge in [0, 0.05) is 49.7 Å². The van der Waals surface area contributed by atoms with Crippen molar-refractivity contribution in [2.45, 2.75) is 31.7 Å². The summed E-state index contributed by atoms with van der Waals surface area (Å²) in [6, 6.07) is 12.3. The minimum Gasteiger partial charge on any atom is -0.396 e. The molecular weight excluding hydrogens is 484 g/mol. The van der Waals surface area contributed by atoms with Crippen molar-refractivity contribution in [3.63, 3.8) is 0 Å². The fourth-order valence-corrected chi connectivity index (χ4v) is 6.40. The third-order valence-electron chi connectivity index (χ3n) is 8.45. The molecule has 2 aromatic heterocycles. The average Bonchev–Trinajstić information content (AvgIpc) is 3.69. The van der Waals surface area contributed by atoms with Gasteiger partial charge in [0.05, 0.1) is 17.1 Å². The molecule has 2 unspecified atom stereocenters.